The molecule has 1 aliphatic carbocycles. The Morgan fingerprint density at radius 1 is 1.58 bits per heavy atom. The van der Waals surface area contributed by atoms with Crippen molar-refractivity contribution in [2.45, 2.75) is 17.7 Å². The highest BCUT2D eigenvalue weighted by molar-refractivity contribution is 9.10. The van der Waals surface area contributed by atoms with Gasteiger partial charge in [-0.15, -0.1) is 0 Å². The maximum Gasteiger partial charge on any atom is 0.183 e. The zero-order valence-electron chi connectivity index (χ0n) is 6.71. The largest absolute Gasteiger partial charge is 0.297 e. The smallest absolute Gasteiger partial charge is 0.183 e. The fourth-order valence-corrected chi connectivity index (χ4v) is 1.59. The van der Waals surface area contributed by atoms with Crippen LogP contribution in [0.5, 0.6) is 0 Å². The van der Waals surface area contributed by atoms with Gasteiger partial charge in [0.05, 0.1) is 0 Å². The molecule has 12 heavy (non-hydrogen) atoms. The predicted octanol–water partition coefficient (Wildman–Crippen LogP) is 1.79. The molecular formula is C9H9BrO2. The molecule has 0 aliphatic heterocycles. The quantitative estimate of drug-likeness (QED) is 0.534. The van der Waals surface area contributed by atoms with E-state index in [1.54, 1.807) is 25.2 Å². The minimum absolute atomic E-state index is 0.104. The number of carbonyl (C=O) groups is 2. The van der Waals surface area contributed by atoms with Crippen LogP contribution in [-0.4, -0.2) is 15.9 Å². The van der Waals surface area contributed by atoms with E-state index >= 15 is 0 Å². The monoisotopic (exact) mass is 228 g/mol. The summed E-state index contributed by atoms with van der Waals surface area (Å²) < 4.78 is -1.09. The molecule has 1 rings (SSSR count). The zero-order valence-corrected chi connectivity index (χ0v) is 8.30. The summed E-state index contributed by atoms with van der Waals surface area (Å²) in [6, 6.07) is 0. The molecule has 0 radical (unpaired) electrons. The second-order valence-electron chi connectivity index (χ2n) is 2.57. The van der Waals surface area contributed by atoms with Crippen molar-refractivity contribution in [2.24, 2.45) is 0 Å². The topological polar surface area (TPSA) is 34.1 Å². The van der Waals surface area contributed by atoms with E-state index in [9.17, 15) is 9.59 Å². The van der Waals surface area contributed by atoms with E-state index in [4.69, 9.17) is 0 Å². The normalized spacial score (nSPS) is 27.7. The summed E-state index contributed by atoms with van der Waals surface area (Å²) in [5, 5.41) is 0. The third-order valence-electron chi connectivity index (χ3n) is 1.77. The fraction of sp³-hybridized carbons (Fsp3) is 0.333. The molecule has 0 aromatic rings. The van der Waals surface area contributed by atoms with Gasteiger partial charge < -0.3 is 0 Å². The fourth-order valence-electron chi connectivity index (χ4n) is 1.02. The molecule has 0 amide bonds. The lowest BCUT2D eigenvalue weighted by molar-refractivity contribution is -0.126. The second-order valence-corrected chi connectivity index (χ2v) is 3.82. The molecule has 3 heteroatoms. The van der Waals surface area contributed by atoms with Crippen LogP contribution in [-0.2, 0) is 9.59 Å². The number of hydrogen-bond acceptors (Lipinski definition) is 2. The Morgan fingerprint density at radius 3 is 2.75 bits per heavy atom. The van der Waals surface area contributed by atoms with E-state index < -0.39 is 4.32 Å². The third kappa shape index (κ3) is 1.41. The van der Waals surface area contributed by atoms with Gasteiger partial charge in [0.1, 0.15) is 0 Å². The molecule has 0 aromatic carbocycles. The number of alkyl halides is 1. The average molecular weight is 229 g/mol. The summed E-state index contributed by atoms with van der Waals surface area (Å²) in [5.41, 5.74) is 0. The number of halogens is 1. The van der Waals surface area contributed by atoms with Crippen molar-refractivity contribution in [2.75, 3.05) is 0 Å². The Balaban J connectivity index is 2.98. The van der Waals surface area contributed by atoms with Crippen LogP contribution in [0.2, 0.25) is 0 Å². The minimum atomic E-state index is -1.09. The first-order valence-corrected chi connectivity index (χ1v) is 4.53. The molecule has 0 saturated heterocycles. The van der Waals surface area contributed by atoms with E-state index in [-0.39, 0.29) is 11.6 Å². The van der Waals surface area contributed by atoms with Gasteiger partial charge in [0.15, 0.2) is 15.9 Å². The highest BCUT2D eigenvalue weighted by Gasteiger charge is 2.38. The Labute approximate surface area is 79.5 Å². The number of carbonyl (C=O) groups excluding carboxylic acids is 2. The Morgan fingerprint density at radius 2 is 2.25 bits per heavy atom. The standard InChI is InChI=1S/C9H9BrO2/c1-2-7(11)9(10)6-4-3-5-8(9)12/h3-6H,2H2,1H3. The zero-order chi connectivity index (χ0) is 9.19. The Kier molecular flexibility index (Phi) is 2.62. The molecule has 0 spiro atoms. The van der Waals surface area contributed by atoms with Crippen molar-refractivity contribution in [3.8, 4) is 0 Å². The lowest BCUT2D eigenvalue weighted by Crippen LogP contribution is -2.38. The lowest BCUT2D eigenvalue weighted by atomic mass is 9.93. The van der Waals surface area contributed by atoms with Crippen LogP contribution in [0, 0.1) is 0 Å². The predicted molar refractivity (Wildman–Crippen MR) is 50.2 cm³/mol. The van der Waals surface area contributed by atoms with Gasteiger partial charge in [-0.2, -0.15) is 0 Å². The Hall–Kier alpha value is -0.700. The third-order valence-corrected chi connectivity index (χ3v) is 2.87. The SMILES string of the molecule is CCC(=O)C1(Br)C=CC=CC1=O. The summed E-state index contributed by atoms with van der Waals surface area (Å²) in [5.74, 6) is -0.301. The van der Waals surface area contributed by atoms with Crippen LogP contribution in [0.3, 0.4) is 0 Å². The van der Waals surface area contributed by atoms with Gasteiger partial charge in [0, 0.05) is 6.42 Å². The number of rotatable bonds is 2. The average Bonchev–Trinajstić information content (AvgIpc) is 2.09. The van der Waals surface area contributed by atoms with E-state index in [1.165, 1.54) is 6.08 Å². The number of hydrogen-bond donors (Lipinski definition) is 0. The maximum atomic E-state index is 11.3. The molecule has 0 N–H and O–H groups in total. The van der Waals surface area contributed by atoms with Gasteiger partial charge in [-0.1, -0.05) is 41.1 Å². The van der Waals surface area contributed by atoms with Gasteiger partial charge >= 0.3 is 0 Å². The van der Waals surface area contributed by atoms with Crippen molar-refractivity contribution >= 4 is 27.5 Å². The van der Waals surface area contributed by atoms with E-state index in [0.29, 0.717) is 6.42 Å². The summed E-state index contributed by atoms with van der Waals surface area (Å²) >= 11 is 3.15. The number of ketones is 2. The summed E-state index contributed by atoms with van der Waals surface area (Å²) in [7, 11) is 0. The number of Topliss-reactive ketones (excluding diaryl/α,β-unsaturated/α-hetero) is 1. The summed E-state index contributed by atoms with van der Waals surface area (Å²) in [6.07, 6.45) is 6.67. The molecule has 1 unspecified atom stereocenters. The summed E-state index contributed by atoms with van der Waals surface area (Å²) in [4.78, 5) is 22.7. The molecule has 0 saturated carbocycles. The molecule has 0 heterocycles. The molecular weight excluding hydrogens is 220 g/mol. The van der Waals surface area contributed by atoms with Gasteiger partial charge in [0.2, 0.25) is 0 Å². The van der Waals surface area contributed by atoms with E-state index in [1.807, 2.05) is 0 Å². The maximum absolute atomic E-state index is 11.3. The van der Waals surface area contributed by atoms with Crippen molar-refractivity contribution in [3.63, 3.8) is 0 Å². The molecule has 0 aromatic heterocycles. The molecule has 1 atom stereocenters. The number of allylic oxidation sites excluding steroid dienone is 4. The van der Waals surface area contributed by atoms with Gasteiger partial charge in [-0.05, 0) is 6.08 Å². The highest BCUT2D eigenvalue weighted by atomic mass is 79.9. The van der Waals surface area contributed by atoms with Crippen LogP contribution in [0.4, 0.5) is 0 Å². The van der Waals surface area contributed by atoms with Crippen LogP contribution in [0.25, 0.3) is 0 Å². The molecule has 0 bridgehead atoms. The van der Waals surface area contributed by atoms with Crippen molar-refractivity contribution < 1.29 is 9.59 Å². The van der Waals surface area contributed by atoms with Crippen LogP contribution < -0.4 is 0 Å². The van der Waals surface area contributed by atoms with Crippen LogP contribution >= 0.6 is 15.9 Å². The molecule has 64 valence electrons. The first kappa shape index (κ1) is 9.39. The lowest BCUT2D eigenvalue weighted by Gasteiger charge is -2.19. The van der Waals surface area contributed by atoms with Gasteiger partial charge in [0.25, 0.3) is 0 Å². The van der Waals surface area contributed by atoms with Gasteiger partial charge in [-0.25, -0.2) is 0 Å². The second kappa shape index (κ2) is 3.35. The Bertz CT molecular complexity index is 278. The van der Waals surface area contributed by atoms with Gasteiger partial charge in [-0.3, -0.25) is 9.59 Å². The molecule has 0 fully saturated rings. The minimum Gasteiger partial charge on any atom is -0.297 e. The van der Waals surface area contributed by atoms with Crippen LogP contribution in [0.1, 0.15) is 13.3 Å². The van der Waals surface area contributed by atoms with Crippen LogP contribution in [0.15, 0.2) is 24.3 Å². The van der Waals surface area contributed by atoms with E-state index in [2.05, 4.69) is 15.9 Å². The highest BCUT2D eigenvalue weighted by Crippen LogP contribution is 2.27. The molecule has 2 nitrogen and oxygen atoms in total. The van der Waals surface area contributed by atoms with Crippen molar-refractivity contribution in [3.05, 3.63) is 24.3 Å². The first-order chi connectivity index (χ1) is 5.61. The summed E-state index contributed by atoms with van der Waals surface area (Å²) in [6.45, 7) is 1.74. The van der Waals surface area contributed by atoms with Crippen molar-refractivity contribution in [1.82, 2.24) is 0 Å². The first-order valence-electron chi connectivity index (χ1n) is 3.74. The van der Waals surface area contributed by atoms with E-state index in [0.717, 1.165) is 0 Å². The van der Waals surface area contributed by atoms with Crippen molar-refractivity contribution in [1.29, 1.82) is 0 Å². The molecule has 1 aliphatic rings.